The van der Waals surface area contributed by atoms with E-state index >= 15 is 0 Å². The first-order valence-corrected chi connectivity index (χ1v) is 10.6. The molecule has 0 saturated carbocycles. The molecule has 0 bridgehead atoms. The Morgan fingerprint density at radius 2 is 1.86 bits per heavy atom. The molecular weight excluding hydrogens is 364 g/mol. The van der Waals surface area contributed by atoms with Crippen molar-refractivity contribution < 1.29 is 9.53 Å². The summed E-state index contributed by atoms with van der Waals surface area (Å²) in [6.45, 7) is 4.35. The molecule has 2 aromatic rings. The number of rotatable bonds is 7. The molecule has 0 aliphatic carbocycles. The highest BCUT2D eigenvalue weighted by Gasteiger charge is 2.47. The Kier molecular flexibility index (Phi) is 6.09. The van der Waals surface area contributed by atoms with Gasteiger partial charge in [0, 0.05) is 44.1 Å². The normalized spacial score (nSPS) is 22.4. The van der Waals surface area contributed by atoms with Crippen molar-refractivity contribution in [2.24, 2.45) is 5.41 Å². The van der Waals surface area contributed by atoms with Crippen molar-refractivity contribution in [2.75, 3.05) is 33.3 Å². The van der Waals surface area contributed by atoms with E-state index < -0.39 is 0 Å². The van der Waals surface area contributed by atoms with E-state index in [2.05, 4.69) is 44.0 Å². The zero-order valence-corrected chi connectivity index (χ0v) is 17.2. The number of likely N-dealkylation sites (tertiary alicyclic amines) is 2. The average Bonchev–Trinajstić information content (AvgIpc) is 3.16. The molecule has 6 heteroatoms. The minimum Gasteiger partial charge on any atom is -0.467 e. The van der Waals surface area contributed by atoms with Crippen LogP contribution < -0.4 is 4.74 Å². The Hall–Kier alpha value is -2.47. The van der Waals surface area contributed by atoms with E-state index in [1.54, 1.807) is 7.11 Å². The van der Waals surface area contributed by atoms with Crippen LogP contribution in [-0.2, 0) is 17.8 Å². The maximum atomic E-state index is 13.3. The molecule has 1 aromatic heterocycles. The highest BCUT2D eigenvalue weighted by Crippen LogP contribution is 2.40. The summed E-state index contributed by atoms with van der Waals surface area (Å²) in [4.78, 5) is 26.2. The van der Waals surface area contributed by atoms with E-state index in [0.717, 1.165) is 70.4 Å². The second-order valence-corrected chi connectivity index (χ2v) is 8.30. The van der Waals surface area contributed by atoms with Gasteiger partial charge < -0.3 is 9.64 Å². The quantitative estimate of drug-likeness (QED) is 0.723. The second-order valence-electron chi connectivity index (χ2n) is 8.30. The molecule has 0 radical (unpaired) electrons. The molecule has 154 valence electrons. The summed E-state index contributed by atoms with van der Waals surface area (Å²) in [6, 6.07) is 10.9. The molecule has 2 aliphatic heterocycles. The van der Waals surface area contributed by atoms with Gasteiger partial charge in [-0.25, -0.2) is 9.97 Å². The summed E-state index contributed by atoms with van der Waals surface area (Å²) in [5, 5.41) is 0. The first-order valence-electron chi connectivity index (χ1n) is 10.6. The first-order chi connectivity index (χ1) is 14.2. The van der Waals surface area contributed by atoms with E-state index in [4.69, 9.17) is 4.74 Å². The third-order valence-corrected chi connectivity index (χ3v) is 6.26. The number of methoxy groups -OCH3 is 1. The number of aryl methyl sites for hydroxylation is 1. The molecule has 3 heterocycles. The van der Waals surface area contributed by atoms with E-state index in [9.17, 15) is 4.79 Å². The number of piperidine rings is 1. The Labute approximate surface area is 172 Å². The van der Waals surface area contributed by atoms with E-state index in [0.29, 0.717) is 11.9 Å². The summed E-state index contributed by atoms with van der Waals surface area (Å²) in [5.74, 6) is 0.366. The summed E-state index contributed by atoms with van der Waals surface area (Å²) < 4.78 is 5.03. The van der Waals surface area contributed by atoms with Gasteiger partial charge in [0.05, 0.1) is 12.5 Å². The summed E-state index contributed by atoms with van der Waals surface area (Å²) in [7, 11) is 1.57. The van der Waals surface area contributed by atoms with Gasteiger partial charge in [-0.2, -0.15) is 0 Å². The predicted octanol–water partition coefficient (Wildman–Crippen LogP) is 2.93. The Bertz CT molecular complexity index is 811. The first kappa shape index (κ1) is 19.8. The Morgan fingerprint density at radius 1 is 1.07 bits per heavy atom. The molecule has 1 spiro atoms. The molecule has 2 aliphatic rings. The molecule has 4 rings (SSSR count). The molecule has 6 nitrogen and oxygen atoms in total. The number of benzene rings is 1. The molecule has 2 fully saturated rings. The van der Waals surface area contributed by atoms with Crippen molar-refractivity contribution in [1.82, 2.24) is 19.8 Å². The van der Waals surface area contributed by atoms with Gasteiger partial charge in [0.1, 0.15) is 0 Å². The van der Waals surface area contributed by atoms with Crippen molar-refractivity contribution in [1.29, 1.82) is 0 Å². The smallest absolute Gasteiger partial charge is 0.316 e. The predicted molar refractivity (Wildman–Crippen MR) is 111 cm³/mol. The van der Waals surface area contributed by atoms with Crippen LogP contribution in [0.2, 0.25) is 0 Å². The highest BCUT2D eigenvalue weighted by atomic mass is 16.5. The van der Waals surface area contributed by atoms with Gasteiger partial charge >= 0.3 is 6.01 Å². The largest absolute Gasteiger partial charge is 0.467 e. The molecule has 1 aromatic carbocycles. The minimum atomic E-state index is -0.196. The number of aromatic nitrogens is 2. The summed E-state index contributed by atoms with van der Waals surface area (Å²) in [6.07, 6.45) is 8.76. The van der Waals surface area contributed by atoms with Gasteiger partial charge in [-0.05, 0) is 44.2 Å². The van der Waals surface area contributed by atoms with Crippen LogP contribution in [0.5, 0.6) is 6.01 Å². The summed E-state index contributed by atoms with van der Waals surface area (Å²) in [5.41, 5.74) is 2.21. The maximum Gasteiger partial charge on any atom is 0.316 e. The van der Waals surface area contributed by atoms with Gasteiger partial charge in [0.15, 0.2) is 0 Å². The van der Waals surface area contributed by atoms with Crippen molar-refractivity contribution in [3.05, 3.63) is 53.9 Å². The van der Waals surface area contributed by atoms with Gasteiger partial charge in [0.2, 0.25) is 5.91 Å². The zero-order chi connectivity index (χ0) is 20.1. The van der Waals surface area contributed by atoms with Crippen LogP contribution in [0.4, 0.5) is 0 Å². The standard InChI is InChI=1S/C23H30N4O2/c1-29-22-24-15-20(16-25-22)17-26-14-11-23(18-26)10-6-13-27(21(23)28)12-5-9-19-7-3-2-4-8-19/h2-4,7-8,15-16H,5-6,9-14,17-18H2,1H3. The SMILES string of the molecule is COc1ncc(CN2CCC3(CCCN(CCCc4ccccc4)C3=O)C2)cn1. The van der Waals surface area contributed by atoms with E-state index in [1.165, 1.54) is 5.56 Å². The molecule has 2 saturated heterocycles. The van der Waals surface area contributed by atoms with Gasteiger partial charge in [0.25, 0.3) is 0 Å². The second kappa shape index (κ2) is 8.91. The lowest BCUT2D eigenvalue weighted by atomic mass is 9.78. The molecule has 0 N–H and O–H groups in total. The van der Waals surface area contributed by atoms with Crippen molar-refractivity contribution in [3.8, 4) is 6.01 Å². The molecule has 1 unspecified atom stereocenters. The van der Waals surface area contributed by atoms with Crippen LogP contribution in [0.3, 0.4) is 0 Å². The third kappa shape index (κ3) is 4.58. The lowest BCUT2D eigenvalue weighted by Crippen LogP contribution is -2.50. The van der Waals surface area contributed by atoms with Crippen molar-refractivity contribution in [2.45, 2.75) is 38.6 Å². The fourth-order valence-corrected chi connectivity index (χ4v) is 4.74. The highest BCUT2D eigenvalue weighted by molar-refractivity contribution is 5.84. The lowest BCUT2D eigenvalue weighted by molar-refractivity contribution is -0.145. The number of amides is 1. The van der Waals surface area contributed by atoms with Crippen LogP contribution >= 0.6 is 0 Å². The van der Waals surface area contributed by atoms with Crippen LogP contribution in [-0.4, -0.2) is 59.0 Å². The van der Waals surface area contributed by atoms with Crippen LogP contribution in [0.25, 0.3) is 0 Å². The summed E-state index contributed by atoms with van der Waals surface area (Å²) >= 11 is 0. The number of hydrogen-bond acceptors (Lipinski definition) is 5. The average molecular weight is 395 g/mol. The van der Waals surface area contributed by atoms with Crippen molar-refractivity contribution in [3.63, 3.8) is 0 Å². The molecule has 1 atom stereocenters. The van der Waals surface area contributed by atoms with E-state index in [-0.39, 0.29) is 5.41 Å². The molecule has 29 heavy (non-hydrogen) atoms. The number of nitrogens with zero attached hydrogens (tertiary/aromatic N) is 4. The van der Waals surface area contributed by atoms with Crippen LogP contribution in [0.15, 0.2) is 42.7 Å². The Morgan fingerprint density at radius 3 is 2.62 bits per heavy atom. The Balaban J connectivity index is 1.32. The number of hydrogen-bond donors (Lipinski definition) is 0. The monoisotopic (exact) mass is 394 g/mol. The van der Waals surface area contributed by atoms with Crippen LogP contribution in [0, 0.1) is 5.41 Å². The van der Waals surface area contributed by atoms with Crippen LogP contribution in [0.1, 0.15) is 36.8 Å². The topological polar surface area (TPSA) is 58.6 Å². The van der Waals surface area contributed by atoms with Gasteiger partial charge in [-0.15, -0.1) is 0 Å². The third-order valence-electron chi connectivity index (χ3n) is 6.26. The molecule has 1 amide bonds. The fourth-order valence-electron chi connectivity index (χ4n) is 4.74. The number of ether oxygens (including phenoxy) is 1. The van der Waals surface area contributed by atoms with Gasteiger partial charge in [-0.3, -0.25) is 9.69 Å². The maximum absolute atomic E-state index is 13.3. The van der Waals surface area contributed by atoms with Gasteiger partial charge in [-0.1, -0.05) is 30.3 Å². The van der Waals surface area contributed by atoms with Crippen molar-refractivity contribution >= 4 is 5.91 Å². The molecular formula is C23H30N4O2. The fraction of sp³-hybridized carbons (Fsp3) is 0.522. The minimum absolute atomic E-state index is 0.196. The zero-order valence-electron chi connectivity index (χ0n) is 17.2. The van der Waals surface area contributed by atoms with E-state index in [1.807, 2.05) is 18.5 Å². The number of carbonyl (C=O) groups excluding carboxylic acids is 1. The lowest BCUT2D eigenvalue weighted by Gasteiger charge is -2.39. The number of carbonyl (C=O) groups is 1.